The van der Waals surface area contributed by atoms with Gasteiger partial charge in [0.15, 0.2) is 6.10 Å². The lowest BCUT2D eigenvalue weighted by molar-refractivity contribution is -0.127. The van der Waals surface area contributed by atoms with Crippen LogP contribution in [-0.2, 0) is 16.0 Å². The smallest absolute Gasteiger partial charge is 0.261 e. The first kappa shape index (κ1) is 16.8. The molecule has 0 aromatic heterocycles. The molecule has 0 radical (unpaired) electrons. The van der Waals surface area contributed by atoms with Crippen LogP contribution in [0, 0.1) is 0 Å². The number of benzene rings is 2. The van der Waals surface area contributed by atoms with Crippen molar-refractivity contribution in [3.63, 3.8) is 0 Å². The van der Waals surface area contributed by atoms with E-state index in [0.29, 0.717) is 13.0 Å². The zero-order chi connectivity index (χ0) is 17.8. The first-order valence-electron chi connectivity index (χ1n) is 8.13. The second-order valence-corrected chi connectivity index (χ2v) is 5.93. The highest BCUT2D eigenvalue weighted by Crippen LogP contribution is 2.33. The summed E-state index contributed by atoms with van der Waals surface area (Å²) in [5, 5.41) is 5.51. The number of amides is 2. The maximum absolute atomic E-state index is 12.0. The van der Waals surface area contributed by atoms with Gasteiger partial charge in [-0.25, -0.2) is 0 Å². The summed E-state index contributed by atoms with van der Waals surface area (Å²) in [6.07, 6.45) is 1.70. The van der Waals surface area contributed by atoms with Crippen LogP contribution in [0.2, 0.25) is 0 Å². The van der Waals surface area contributed by atoms with Crippen molar-refractivity contribution in [3.8, 4) is 16.9 Å². The van der Waals surface area contributed by atoms with E-state index in [2.05, 4.69) is 17.2 Å². The number of rotatable bonds is 5. The van der Waals surface area contributed by atoms with E-state index in [-0.39, 0.29) is 11.8 Å². The number of ether oxygens (including phenoxy) is 1. The molecule has 2 N–H and O–H groups in total. The highest BCUT2D eigenvalue weighted by atomic mass is 16.5. The lowest BCUT2D eigenvalue weighted by atomic mass is 10.0. The van der Waals surface area contributed by atoms with Crippen molar-refractivity contribution >= 4 is 17.5 Å². The van der Waals surface area contributed by atoms with E-state index in [1.54, 1.807) is 6.08 Å². The van der Waals surface area contributed by atoms with Gasteiger partial charge in [-0.15, -0.1) is 6.58 Å². The fourth-order valence-corrected chi connectivity index (χ4v) is 2.81. The molecular formula is C20H20N2O3. The summed E-state index contributed by atoms with van der Waals surface area (Å²) < 4.78 is 5.73. The van der Waals surface area contributed by atoms with Crippen molar-refractivity contribution in [1.82, 2.24) is 5.32 Å². The third-order valence-corrected chi connectivity index (χ3v) is 3.99. The molecule has 2 aromatic carbocycles. The van der Waals surface area contributed by atoms with E-state index in [1.807, 2.05) is 42.5 Å². The van der Waals surface area contributed by atoms with Crippen LogP contribution < -0.4 is 15.4 Å². The van der Waals surface area contributed by atoms with Gasteiger partial charge >= 0.3 is 0 Å². The first-order valence-corrected chi connectivity index (χ1v) is 8.13. The van der Waals surface area contributed by atoms with Crippen LogP contribution in [0.3, 0.4) is 0 Å². The minimum absolute atomic E-state index is 0.0943. The van der Waals surface area contributed by atoms with Crippen LogP contribution in [0.1, 0.15) is 12.5 Å². The molecule has 0 saturated heterocycles. The quantitative estimate of drug-likeness (QED) is 0.825. The minimum Gasteiger partial charge on any atom is -0.480 e. The lowest BCUT2D eigenvalue weighted by Gasteiger charge is -2.09. The molecule has 1 unspecified atom stereocenters. The van der Waals surface area contributed by atoms with Gasteiger partial charge < -0.3 is 15.4 Å². The third kappa shape index (κ3) is 3.88. The fraction of sp³-hybridized carbons (Fsp3) is 0.200. The molecule has 3 rings (SSSR count). The molecule has 5 heteroatoms. The fourth-order valence-electron chi connectivity index (χ4n) is 2.81. The summed E-state index contributed by atoms with van der Waals surface area (Å²) in [7, 11) is 0. The molecule has 128 valence electrons. The Labute approximate surface area is 146 Å². The van der Waals surface area contributed by atoms with E-state index in [1.165, 1.54) is 6.92 Å². The number of hydrogen-bond acceptors (Lipinski definition) is 3. The van der Waals surface area contributed by atoms with Crippen molar-refractivity contribution in [2.24, 2.45) is 0 Å². The number of hydrogen-bond donors (Lipinski definition) is 2. The second kappa shape index (κ2) is 7.21. The molecule has 1 aliphatic heterocycles. The Balaban J connectivity index is 1.74. The van der Waals surface area contributed by atoms with E-state index < -0.39 is 6.10 Å². The SMILES string of the molecule is C=CCNC(=O)C1Cc2cc(-c3ccc(NC(C)=O)cc3)ccc2O1. The summed E-state index contributed by atoms with van der Waals surface area (Å²) >= 11 is 0. The zero-order valence-electron chi connectivity index (χ0n) is 14.0. The Kier molecular flexibility index (Phi) is 4.84. The summed E-state index contributed by atoms with van der Waals surface area (Å²) in [6.45, 7) is 5.50. The molecule has 0 spiro atoms. The maximum atomic E-state index is 12.0. The van der Waals surface area contributed by atoms with Crippen molar-refractivity contribution in [3.05, 3.63) is 60.7 Å². The number of nitrogens with one attached hydrogen (secondary N) is 2. The lowest BCUT2D eigenvalue weighted by Crippen LogP contribution is -2.37. The van der Waals surface area contributed by atoms with Gasteiger partial charge in [-0.2, -0.15) is 0 Å². The molecule has 1 aliphatic rings. The number of carbonyl (C=O) groups excluding carboxylic acids is 2. The van der Waals surface area contributed by atoms with Crippen molar-refractivity contribution in [2.45, 2.75) is 19.4 Å². The van der Waals surface area contributed by atoms with Crippen LogP contribution in [0.4, 0.5) is 5.69 Å². The van der Waals surface area contributed by atoms with Crippen LogP contribution >= 0.6 is 0 Å². The summed E-state index contributed by atoms with van der Waals surface area (Å²) in [4.78, 5) is 23.1. The average molecular weight is 336 g/mol. The molecule has 0 bridgehead atoms. The highest BCUT2D eigenvalue weighted by molar-refractivity contribution is 5.89. The Morgan fingerprint density at radius 2 is 1.92 bits per heavy atom. The Hall–Kier alpha value is -3.08. The molecule has 1 heterocycles. The molecule has 5 nitrogen and oxygen atoms in total. The average Bonchev–Trinajstić information content (AvgIpc) is 3.03. The van der Waals surface area contributed by atoms with Gasteiger partial charge in [0.1, 0.15) is 5.75 Å². The van der Waals surface area contributed by atoms with Gasteiger partial charge in [-0.05, 0) is 41.0 Å². The Bertz CT molecular complexity index is 812. The standard InChI is InChI=1S/C20H20N2O3/c1-3-10-21-20(24)19-12-16-11-15(6-9-18(16)25-19)14-4-7-17(8-5-14)22-13(2)23/h3-9,11,19H,1,10,12H2,2H3,(H,21,24)(H,22,23). The molecule has 25 heavy (non-hydrogen) atoms. The van der Waals surface area contributed by atoms with Crippen LogP contribution in [0.5, 0.6) is 5.75 Å². The monoisotopic (exact) mass is 336 g/mol. The normalized spacial score (nSPS) is 15.0. The van der Waals surface area contributed by atoms with Gasteiger partial charge in [0, 0.05) is 25.6 Å². The summed E-state index contributed by atoms with van der Waals surface area (Å²) in [5.74, 6) is 0.526. The maximum Gasteiger partial charge on any atom is 0.261 e. The largest absolute Gasteiger partial charge is 0.480 e. The second-order valence-electron chi connectivity index (χ2n) is 5.93. The first-order chi connectivity index (χ1) is 12.1. The molecule has 2 aromatic rings. The molecular weight excluding hydrogens is 316 g/mol. The Morgan fingerprint density at radius 1 is 1.20 bits per heavy atom. The number of anilines is 1. The van der Waals surface area contributed by atoms with E-state index in [9.17, 15) is 9.59 Å². The van der Waals surface area contributed by atoms with E-state index >= 15 is 0 Å². The topological polar surface area (TPSA) is 67.4 Å². The number of fused-ring (bicyclic) bond motifs is 1. The predicted molar refractivity (Wildman–Crippen MR) is 97.5 cm³/mol. The van der Waals surface area contributed by atoms with E-state index in [4.69, 9.17) is 4.74 Å². The minimum atomic E-state index is -0.493. The third-order valence-electron chi connectivity index (χ3n) is 3.99. The highest BCUT2D eigenvalue weighted by Gasteiger charge is 2.28. The van der Waals surface area contributed by atoms with Crippen molar-refractivity contribution < 1.29 is 14.3 Å². The zero-order valence-corrected chi connectivity index (χ0v) is 14.0. The Morgan fingerprint density at radius 3 is 2.60 bits per heavy atom. The molecule has 0 aliphatic carbocycles. The van der Waals surface area contributed by atoms with Crippen LogP contribution in [-0.4, -0.2) is 24.5 Å². The van der Waals surface area contributed by atoms with Gasteiger partial charge in [-0.3, -0.25) is 9.59 Å². The van der Waals surface area contributed by atoms with Crippen LogP contribution in [0.15, 0.2) is 55.1 Å². The van der Waals surface area contributed by atoms with Gasteiger partial charge in [0.05, 0.1) is 0 Å². The van der Waals surface area contributed by atoms with Gasteiger partial charge in [0.25, 0.3) is 5.91 Å². The molecule has 1 atom stereocenters. The van der Waals surface area contributed by atoms with Gasteiger partial charge in [0.2, 0.25) is 5.91 Å². The van der Waals surface area contributed by atoms with E-state index in [0.717, 1.165) is 28.1 Å². The summed E-state index contributed by atoms with van der Waals surface area (Å²) in [6, 6.07) is 13.6. The van der Waals surface area contributed by atoms with Gasteiger partial charge in [-0.1, -0.05) is 24.3 Å². The molecule has 0 saturated carbocycles. The molecule has 2 amide bonds. The van der Waals surface area contributed by atoms with Crippen molar-refractivity contribution in [1.29, 1.82) is 0 Å². The summed E-state index contributed by atoms with van der Waals surface area (Å²) in [5.41, 5.74) is 3.86. The van der Waals surface area contributed by atoms with Crippen molar-refractivity contribution in [2.75, 3.05) is 11.9 Å². The van der Waals surface area contributed by atoms with Crippen LogP contribution in [0.25, 0.3) is 11.1 Å². The predicted octanol–water partition coefficient (Wildman–Crippen LogP) is 2.92. The number of carbonyl (C=O) groups is 2. The molecule has 0 fully saturated rings.